The van der Waals surface area contributed by atoms with Crippen molar-refractivity contribution in [3.8, 4) is 0 Å². The van der Waals surface area contributed by atoms with Gasteiger partial charge in [0.1, 0.15) is 0 Å². The number of amides is 2. The fraction of sp³-hybridized carbons (Fsp3) is 0.500. The molecule has 1 aliphatic rings. The average Bonchev–Trinajstić information content (AvgIpc) is 2.46. The van der Waals surface area contributed by atoms with Gasteiger partial charge in [0.2, 0.25) is 5.91 Å². The van der Waals surface area contributed by atoms with Crippen LogP contribution in [0.25, 0.3) is 0 Å². The molecule has 2 rings (SSSR count). The van der Waals surface area contributed by atoms with Gasteiger partial charge in [-0.2, -0.15) is 0 Å². The monoisotopic (exact) mass is 260 g/mol. The summed E-state index contributed by atoms with van der Waals surface area (Å²) in [7, 11) is 1.81. The summed E-state index contributed by atoms with van der Waals surface area (Å²) in [4.78, 5) is 30.9. The largest absolute Gasteiger partial charge is 0.343 e. The Balaban J connectivity index is 1.96. The minimum atomic E-state index is -0.0383. The van der Waals surface area contributed by atoms with Crippen LogP contribution in [-0.2, 0) is 4.79 Å². The van der Waals surface area contributed by atoms with Crippen molar-refractivity contribution in [2.24, 2.45) is 0 Å². The molecule has 1 aliphatic heterocycles. The first-order chi connectivity index (χ1) is 9.09. The van der Waals surface area contributed by atoms with Gasteiger partial charge in [-0.3, -0.25) is 14.6 Å². The number of nitrogens with zero attached hydrogens (tertiary/aromatic N) is 3. The second kappa shape index (κ2) is 5.82. The summed E-state index contributed by atoms with van der Waals surface area (Å²) in [6.07, 6.45) is 4.75. The molecule has 1 aromatic heterocycles. The van der Waals surface area contributed by atoms with E-state index in [1.807, 2.05) is 11.9 Å². The molecule has 0 unspecified atom stereocenters. The molecule has 5 nitrogen and oxygen atoms in total. The van der Waals surface area contributed by atoms with Crippen LogP contribution in [0.4, 0.5) is 0 Å². The molecule has 19 heavy (non-hydrogen) atoms. The number of hydrogen-bond acceptors (Lipinski definition) is 3. The van der Waals surface area contributed by atoms with E-state index in [9.17, 15) is 9.59 Å². The maximum atomic E-state index is 12.2. The van der Waals surface area contributed by atoms with Crippen molar-refractivity contribution >= 4 is 11.8 Å². The van der Waals surface area contributed by atoms with Crippen LogP contribution < -0.4 is 0 Å². The Kier molecular flexibility index (Phi) is 4.14. The minimum absolute atomic E-state index is 0.0383. The Bertz CT molecular complexity index is 453. The molecule has 0 atom stereocenters. The number of rotatable bonds is 2. The molecular weight excluding hydrogens is 242 g/mol. The predicted molar refractivity (Wildman–Crippen MR) is 70.4 cm³/mol. The van der Waals surface area contributed by atoms with Crippen LogP contribution in [0.1, 0.15) is 30.1 Å². The van der Waals surface area contributed by atoms with Crippen molar-refractivity contribution in [3.63, 3.8) is 0 Å². The topological polar surface area (TPSA) is 53.5 Å². The zero-order valence-corrected chi connectivity index (χ0v) is 11.3. The number of carbonyl (C=O) groups excluding carboxylic acids is 2. The molecule has 1 radical (unpaired) electrons. The summed E-state index contributed by atoms with van der Waals surface area (Å²) >= 11 is 0. The Labute approximate surface area is 113 Å². The molecular formula is C14H18N3O2. The van der Waals surface area contributed by atoms with Gasteiger partial charge in [-0.25, -0.2) is 0 Å². The van der Waals surface area contributed by atoms with Crippen LogP contribution >= 0.6 is 0 Å². The third-order valence-electron chi connectivity index (χ3n) is 3.63. The Hall–Kier alpha value is -1.91. The lowest BCUT2D eigenvalue weighted by molar-refractivity contribution is -0.130. The van der Waals surface area contributed by atoms with E-state index in [0.717, 1.165) is 25.9 Å². The molecule has 0 bridgehead atoms. The van der Waals surface area contributed by atoms with Crippen LogP contribution in [0.15, 0.2) is 18.5 Å². The first-order valence-corrected chi connectivity index (χ1v) is 6.44. The summed E-state index contributed by atoms with van der Waals surface area (Å²) in [6, 6.07) is 4.70. The Morgan fingerprint density at radius 2 is 2.11 bits per heavy atom. The molecule has 2 amide bonds. The fourth-order valence-electron chi connectivity index (χ4n) is 2.37. The normalized spacial score (nSPS) is 16.2. The van der Waals surface area contributed by atoms with Gasteiger partial charge in [0.15, 0.2) is 0 Å². The quantitative estimate of drug-likeness (QED) is 0.796. The van der Waals surface area contributed by atoms with Crippen LogP contribution in [0, 0.1) is 6.07 Å². The van der Waals surface area contributed by atoms with Crippen LogP contribution in [0.5, 0.6) is 0 Å². The van der Waals surface area contributed by atoms with Gasteiger partial charge in [-0.05, 0) is 18.9 Å². The van der Waals surface area contributed by atoms with Gasteiger partial charge in [-0.1, -0.05) is 0 Å². The van der Waals surface area contributed by atoms with Gasteiger partial charge in [0.25, 0.3) is 5.91 Å². The van der Waals surface area contributed by atoms with Crippen molar-refractivity contribution in [2.45, 2.75) is 25.8 Å². The van der Waals surface area contributed by atoms with E-state index in [2.05, 4.69) is 11.1 Å². The standard InChI is InChI=1S/C14H18N3O2/c1-11(18)17-9-5-13(6-10-17)16(2)14(19)12-3-7-15-8-4-12/h3,7-8,13H,5-6,9-10H2,1-2H3. The molecule has 0 spiro atoms. The third kappa shape index (κ3) is 3.10. The number of carbonyl (C=O) groups is 2. The van der Waals surface area contributed by atoms with Crippen molar-refractivity contribution in [3.05, 3.63) is 30.1 Å². The van der Waals surface area contributed by atoms with E-state index in [0.29, 0.717) is 5.56 Å². The van der Waals surface area contributed by atoms with Gasteiger partial charge in [-0.15, -0.1) is 0 Å². The Morgan fingerprint density at radius 1 is 1.42 bits per heavy atom. The number of hydrogen-bond donors (Lipinski definition) is 0. The van der Waals surface area contributed by atoms with Crippen molar-refractivity contribution in [1.82, 2.24) is 14.8 Å². The molecule has 1 fully saturated rings. The van der Waals surface area contributed by atoms with Crippen LogP contribution in [-0.4, -0.2) is 52.8 Å². The van der Waals surface area contributed by atoms with E-state index in [1.54, 1.807) is 24.1 Å². The maximum absolute atomic E-state index is 12.2. The van der Waals surface area contributed by atoms with E-state index in [4.69, 9.17) is 0 Å². The molecule has 5 heteroatoms. The molecule has 1 saturated heterocycles. The molecule has 101 valence electrons. The lowest BCUT2D eigenvalue weighted by Crippen LogP contribution is -2.46. The summed E-state index contributed by atoms with van der Waals surface area (Å²) in [5, 5.41) is 0. The lowest BCUT2D eigenvalue weighted by atomic mass is 10.0. The second-order valence-electron chi connectivity index (χ2n) is 4.81. The van der Waals surface area contributed by atoms with E-state index in [-0.39, 0.29) is 17.9 Å². The number of aromatic nitrogens is 1. The molecule has 0 N–H and O–H groups in total. The smallest absolute Gasteiger partial charge is 0.254 e. The fourth-order valence-corrected chi connectivity index (χ4v) is 2.37. The minimum Gasteiger partial charge on any atom is -0.343 e. The third-order valence-corrected chi connectivity index (χ3v) is 3.63. The second-order valence-corrected chi connectivity index (χ2v) is 4.81. The zero-order valence-electron chi connectivity index (χ0n) is 11.3. The van der Waals surface area contributed by atoms with Gasteiger partial charge >= 0.3 is 0 Å². The maximum Gasteiger partial charge on any atom is 0.254 e. The van der Waals surface area contributed by atoms with Crippen LogP contribution in [0.3, 0.4) is 0 Å². The van der Waals surface area contributed by atoms with Crippen molar-refractivity contribution in [1.29, 1.82) is 0 Å². The van der Waals surface area contributed by atoms with E-state index >= 15 is 0 Å². The van der Waals surface area contributed by atoms with Crippen molar-refractivity contribution < 1.29 is 9.59 Å². The van der Waals surface area contributed by atoms with Crippen molar-refractivity contribution in [2.75, 3.05) is 20.1 Å². The molecule has 0 saturated carbocycles. The zero-order chi connectivity index (χ0) is 13.8. The predicted octanol–water partition coefficient (Wildman–Crippen LogP) is 0.965. The summed E-state index contributed by atoms with van der Waals surface area (Å²) in [5.41, 5.74) is 0.534. The highest BCUT2D eigenvalue weighted by Crippen LogP contribution is 2.17. The van der Waals surface area contributed by atoms with Gasteiger partial charge in [0.05, 0.1) is 5.56 Å². The van der Waals surface area contributed by atoms with E-state index in [1.165, 1.54) is 6.20 Å². The summed E-state index contributed by atoms with van der Waals surface area (Å²) in [6.45, 7) is 3.02. The van der Waals surface area contributed by atoms with Gasteiger partial charge in [0, 0.05) is 51.6 Å². The Morgan fingerprint density at radius 3 is 2.63 bits per heavy atom. The number of pyridine rings is 1. The SMILES string of the molecule is CC(=O)N1CCC(N(C)C(=O)c2[c]cncc2)CC1. The summed E-state index contributed by atoms with van der Waals surface area (Å²) < 4.78 is 0. The first-order valence-electron chi connectivity index (χ1n) is 6.44. The van der Waals surface area contributed by atoms with Crippen LogP contribution in [0.2, 0.25) is 0 Å². The number of piperidine rings is 1. The lowest BCUT2D eigenvalue weighted by Gasteiger charge is -2.36. The highest BCUT2D eigenvalue weighted by molar-refractivity contribution is 5.93. The average molecular weight is 260 g/mol. The highest BCUT2D eigenvalue weighted by atomic mass is 16.2. The molecule has 2 heterocycles. The van der Waals surface area contributed by atoms with E-state index < -0.39 is 0 Å². The molecule has 0 aromatic carbocycles. The highest BCUT2D eigenvalue weighted by Gasteiger charge is 2.26. The van der Waals surface area contributed by atoms with Gasteiger partial charge < -0.3 is 9.80 Å². The summed E-state index contributed by atoms with van der Waals surface area (Å²) in [5.74, 6) is 0.0681. The number of likely N-dealkylation sites (tertiary alicyclic amines) is 1. The first kappa shape index (κ1) is 13.5. The molecule has 1 aromatic rings. The molecule has 0 aliphatic carbocycles.